The van der Waals surface area contributed by atoms with E-state index in [0.717, 1.165) is 11.1 Å². The summed E-state index contributed by atoms with van der Waals surface area (Å²) in [4.78, 5) is 14.4. The van der Waals surface area contributed by atoms with Crippen LogP contribution in [0, 0.1) is 17.0 Å². The Morgan fingerprint density at radius 1 is 1.50 bits per heavy atom. The van der Waals surface area contributed by atoms with Crippen LogP contribution in [-0.4, -0.2) is 17.0 Å². The molecule has 1 N–H and O–H groups in total. The van der Waals surface area contributed by atoms with Gasteiger partial charge in [-0.15, -0.1) is 0 Å². The van der Waals surface area contributed by atoms with Crippen molar-refractivity contribution in [2.45, 2.75) is 13.5 Å². The number of hydrogen-bond donors (Lipinski definition) is 1. The molecule has 0 aliphatic heterocycles. The lowest BCUT2D eigenvalue weighted by Gasteiger charge is -2.01. The number of non-ortho nitro benzene ring substituents is 1. The van der Waals surface area contributed by atoms with Crippen molar-refractivity contribution in [3.05, 3.63) is 46.0 Å². The summed E-state index contributed by atoms with van der Waals surface area (Å²) in [5.41, 5.74) is 1.68. The van der Waals surface area contributed by atoms with E-state index < -0.39 is 4.92 Å². The van der Waals surface area contributed by atoms with E-state index in [-0.39, 0.29) is 5.69 Å². The zero-order valence-corrected chi connectivity index (χ0v) is 10.1. The zero-order valence-electron chi connectivity index (χ0n) is 10.1. The first kappa shape index (κ1) is 12.3. The number of nitrogens with zero attached hydrogens (tertiary/aromatic N) is 2. The van der Waals surface area contributed by atoms with Crippen molar-refractivity contribution in [2.75, 3.05) is 7.05 Å². The molecule has 1 aromatic heterocycles. The quantitative estimate of drug-likeness (QED) is 0.662. The monoisotopic (exact) mass is 247 g/mol. The zero-order chi connectivity index (χ0) is 13.1. The van der Waals surface area contributed by atoms with Crippen LogP contribution in [0.4, 0.5) is 5.69 Å². The van der Waals surface area contributed by atoms with Crippen molar-refractivity contribution in [1.29, 1.82) is 0 Å². The van der Waals surface area contributed by atoms with Crippen molar-refractivity contribution in [3.63, 3.8) is 0 Å². The second-order valence-electron chi connectivity index (χ2n) is 3.90. The molecular formula is C12H13N3O3. The van der Waals surface area contributed by atoms with E-state index in [9.17, 15) is 10.1 Å². The SMILES string of the molecule is CNCc1ncc(-c2ccc([N+](=O)[O-])cc2C)o1. The van der Waals surface area contributed by atoms with Crippen LogP contribution >= 0.6 is 0 Å². The van der Waals surface area contributed by atoms with E-state index in [1.165, 1.54) is 12.1 Å². The molecule has 18 heavy (non-hydrogen) atoms. The minimum absolute atomic E-state index is 0.0752. The van der Waals surface area contributed by atoms with Gasteiger partial charge in [-0.3, -0.25) is 10.1 Å². The predicted octanol–water partition coefficient (Wildman–Crippen LogP) is 2.28. The van der Waals surface area contributed by atoms with Crippen molar-refractivity contribution < 1.29 is 9.34 Å². The molecule has 6 heteroatoms. The Morgan fingerprint density at radius 2 is 2.28 bits per heavy atom. The van der Waals surface area contributed by atoms with Crippen molar-refractivity contribution in [3.8, 4) is 11.3 Å². The number of oxazole rings is 1. The lowest BCUT2D eigenvalue weighted by atomic mass is 10.1. The first-order valence-corrected chi connectivity index (χ1v) is 5.46. The highest BCUT2D eigenvalue weighted by Gasteiger charge is 2.12. The molecule has 0 fully saturated rings. The molecule has 0 saturated heterocycles. The molecule has 0 radical (unpaired) electrons. The third-order valence-corrected chi connectivity index (χ3v) is 2.57. The summed E-state index contributed by atoms with van der Waals surface area (Å²) in [5.74, 6) is 1.21. The van der Waals surface area contributed by atoms with Crippen molar-refractivity contribution in [2.24, 2.45) is 0 Å². The molecule has 0 aliphatic carbocycles. The molecule has 2 rings (SSSR count). The van der Waals surface area contributed by atoms with E-state index in [2.05, 4.69) is 10.3 Å². The van der Waals surface area contributed by atoms with Crippen molar-refractivity contribution >= 4 is 5.69 Å². The molecule has 6 nitrogen and oxygen atoms in total. The van der Waals surface area contributed by atoms with Gasteiger partial charge in [-0.25, -0.2) is 4.98 Å². The van der Waals surface area contributed by atoms with Gasteiger partial charge in [0, 0.05) is 17.7 Å². The van der Waals surface area contributed by atoms with Crippen LogP contribution in [-0.2, 0) is 6.54 Å². The molecule has 0 bridgehead atoms. The van der Waals surface area contributed by atoms with Crippen LogP contribution in [0.1, 0.15) is 11.5 Å². The third kappa shape index (κ3) is 2.38. The highest BCUT2D eigenvalue weighted by atomic mass is 16.6. The van der Waals surface area contributed by atoms with Gasteiger partial charge in [0.2, 0.25) is 5.89 Å². The molecular weight excluding hydrogens is 234 g/mol. The molecule has 94 valence electrons. The number of hydrogen-bond acceptors (Lipinski definition) is 5. The maximum Gasteiger partial charge on any atom is 0.269 e. The summed E-state index contributed by atoms with van der Waals surface area (Å²) in [5, 5.41) is 13.6. The number of aryl methyl sites for hydroxylation is 1. The highest BCUT2D eigenvalue weighted by molar-refractivity contribution is 5.63. The molecule has 2 aromatic rings. The van der Waals surface area contributed by atoms with Crippen LogP contribution in [0.2, 0.25) is 0 Å². The minimum atomic E-state index is -0.413. The van der Waals surface area contributed by atoms with Crippen LogP contribution in [0.15, 0.2) is 28.8 Å². The standard InChI is InChI=1S/C12H13N3O3/c1-8-5-9(15(16)17)3-4-10(8)11-6-14-12(18-11)7-13-2/h3-6,13H,7H2,1-2H3. The summed E-state index contributed by atoms with van der Waals surface area (Å²) in [7, 11) is 1.81. The van der Waals surface area contributed by atoms with Gasteiger partial charge in [0.15, 0.2) is 5.76 Å². The Hall–Kier alpha value is -2.21. The van der Waals surface area contributed by atoms with Gasteiger partial charge in [-0.1, -0.05) is 0 Å². The first-order chi connectivity index (χ1) is 8.61. The molecule has 0 atom stereocenters. The third-order valence-electron chi connectivity index (χ3n) is 2.57. The largest absolute Gasteiger partial charge is 0.439 e. The Labute approximate surface area is 104 Å². The van der Waals surface area contributed by atoms with E-state index in [0.29, 0.717) is 18.2 Å². The van der Waals surface area contributed by atoms with Gasteiger partial charge in [-0.05, 0) is 25.6 Å². The molecule has 1 heterocycles. The van der Waals surface area contributed by atoms with Gasteiger partial charge in [0.05, 0.1) is 17.7 Å². The second-order valence-corrected chi connectivity index (χ2v) is 3.90. The Balaban J connectivity index is 2.35. The number of nitro benzene ring substituents is 1. The molecule has 0 spiro atoms. The van der Waals surface area contributed by atoms with E-state index in [4.69, 9.17) is 4.42 Å². The summed E-state index contributed by atoms with van der Waals surface area (Å²) in [6, 6.07) is 4.66. The van der Waals surface area contributed by atoms with Gasteiger partial charge in [0.25, 0.3) is 5.69 Å². The highest BCUT2D eigenvalue weighted by Crippen LogP contribution is 2.27. The van der Waals surface area contributed by atoms with Gasteiger partial charge in [-0.2, -0.15) is 0 Å². The summed E-state index contributed by atoms with van der Waals surface area (Å²) in [6.45, 7) is 2.36. The van der Waals surface area contributed by atoms with Crippen LogP contribution in [0.3, 0.4) is 0 Å². The van der Waals surface area contributed by atoms with E-state index in [1.54, 1.807) is 19.3 Å². The molecule has 0 aliphatic rings. The maximum atomic E-state index is 10.7. The Morgan fingerprint density at radius 3 is 2.89 bits per heavy atom. The van der Waals surface area contributed by atoms with Crippen LogP contribution < -0.4 is 5.32 Å². The van der Waals surface area contributed by atoms with Crippen molar-refractivity contribution in [1.82, 2.24) is 10.3 Å². The van der Waals surface area contributed by atoms with Gasteiger partial charge >= 0.3 is 0 Å². The second kappa shape index (κ2) is 4.97. The van der Waals surface area contributed by atoms with Crippen LogP contribution in [0.5, 0.6) is 0 Å². The fourth-order valence-electron chi connectivity index (χ4n) is 1.71. The lowest BCUT2D eigenvalue weighted by Crippen LogP contribution is -2.04. The number of nitrogens with one attached hydrogen (secondary N) is 1. The van der Waals surface area contributed by atoms with Crippen LogP contribution in [0.25, 0.3) is 11.3 Å². The maximum absolute atomic E-state index is 10.7. The Bertz CT molecular complexity index is 578. The smallest absolute Gasteiger partial charge is 0.269 e. The molecule has 0 saturated carbocycles. The lowest BCUT2D eigenvalue weighted by molar-refractivity contribution is -0.384. The van der Waals surface area contributed by atoms with E-state index >= 15 is 0 Å². The Kier molecular flexibility index (Phi) is 3.38. The summed E-state index contributed by atoms with van der Waals surface area (Å²) < 4.78 is 5.55. The average Bonchev–Trinajstić information content (AvgIpc) is 2.77. The number of aromatic nitrogens is 1. The molecule has 0 amide bonds. The average molecular weight is 247 g/mol. The van der Waals surface area contributed by atoms with Gasteiger partial charge in [0.1, 0.15) is 0 Å². The fourth-order valence-corrected chi connectivity index (χ4v) is 1.71. The molecule has 0 unspecified atom stereocenters. The molecule has 1 aromatic carbocycles. The van der Waals surface area contributed by atoms with Gasteiger partial charge < -0.3 is 9.73 Å². The predicted molar refractivity (Wildman–Crippen MR) is 66.1 cm³/mol. The van der Waals surface area contributed by atoms with E-state index in [1.807, 2.05) is 6.92 Å². The number of benzene rings is 1. The number of nitro groups is 1. The first-order valence-electron chi connectivity index (χ1n) is 5.46. The fraction of sp³-hybridized carbons (Fsp3) is 0.250. The normalized spacial score (nSPS) is 10.6. The minimum Gasteiger partial charge on any atom is -0.439 e. The number of rotatable bonds is 4. The summed E-state index contributed by atoms with van der Waals surface area (Å²) >= 11 is 0. The topological polar surface area (TPSA) is 81.2 Å². The summed E-state index contributed by atoms with van der Waals surface area (Å²) in [6.07, 6.45) is 1.63.